The number of benzene rings is 2. The predicted octanol–water partition coefficient (Wildman–Crippen LogP) is 2.57. The fourth-order valence-electron chi connectivity index (χ4n) is 2.38. The third kappa shape index (κ3) is 5.30. The zero-order valence-corrected chi connectivity index (χ0v) is 16.6. The maximum absolute atomic E-state index is 12.3. The van der Waals surface area contributed by atoms with Crippen molar-refractivity contribution in [3.8, 4) is 5.75 Å². The number of hydrogen-bond donors (Lipinski definition) is 1. The normalized spacial score (nSPS) is 12.3. The van der Waals surface area contributed by atoms with Crippen molar-refractivity contribution in [1.29, 1.82) is 0 Å². The van der Waals surface area contributed by atoms with Crippen LogP contribution in [0.4, 0.5) is 0 Å². The molecular weight excluding hydrogens is 374 g/mol. The number of ether oxygens (including phenoxy) is 1. The van der Waals surface area contributed by atoms with Gasteiger partial charge in [-0.3, -0.25) is 0 Å². The first-order valence-corrected chi connectivity index (χ1v) is 11.5. The average molecular weight is 398 g/mol. The number of para-hydroxylation sites is 1. The van der Waals surface area contributed by atoms with Crippen LogP contribution in [0, 0.1) is 0 Å². The van der Waals surface area contributed by atoms with Gasteiger partial charge in [0.1, 0.15) is 12.4 Å². The quantitative estimate of drug-likeness (QED) is 0.692. The van der Waals surface area contributed by atoms with Crippen molar-refractivity contribution in [3.63, 3.8) is 0 Å². The van der Waals surface area contributed by atoms with Crippen LogP contribution in [0.2, 0.25) is 0 Å². The van der Waals surface area contributed by atoms with Gasteiger partial charge in [0.25, 0.3) is 0 Å². The van der Waals surface area contributed by atoms with Gasteiger partial charge < -0.3 is 4.74 Å². The molecule has 26 heavy (non-hydrogen) atoms. The Morgan fingerprint density at radius 3 is 2.08 bits per heavy atom. The Morgan fingerprint density at radius 2 is 1.50 bits per heavy atom. The highest BCUT2D eigenvalue weighted by Gasteiger charge is 2.15. The van der Waals surface area contributed by atoms with Crippen LogP contribution in [0.1, 0.15) is 25.3 Å². The first-order valence-electron chi connectivity index (χ1n) is 8.13. The molecule has 2 rings (SSSR count). The van der Waals surface area contributed by atoms with E-state index in [9.17, 15) is 16.8 Å². The Morgan fingerprint density at radius 1 is 0.923 bits per heavy atom. The number of sulfonamides is 1. The van der Waals surface area contributed by atoms with Crippen molar-refractivity contribution in [3.05, 3.63) is 54.1 Å². The SMILES string of the molecule is CC(C)c1ccccc1OCCNS(=O)(=O)c1ccc(S(C)(=O)=O)cc1. The van der Waals surface area contributed by atoms with Crippen molar-refractivity contribution in [2.45, 2.75) is 29.6 Å². The summed E-state index contributed by atoms with van der Waals surface area (Å²) in [5, 5.41) is 0. The van der Waals surface area contributed by atoms with Gasteiger partial charge >= 0.3 is 0 Å². The average Bonchev–Trinajstić information content (AvgIpc) is 2.58. The summed E-state index contributed by atoms with van der Waals surface area (Å²) >= 11 is 0. The van der Waals surface area contributed by atoms with E-state index in [4.69, 9.17) is 4.74 Å². The summed E-state index contributed by atoms with van der Waals surface area (Å²) in [7, 11) is -7.09. The zero-order valence-electron chi connectivity index (χ0n) is 15.0. The van der Waals surface area contributed by atoms with E-state index in [2.05, 4.69) is 18.6 Å². The first kappa shape index (κ1) is 20.4. The van der Waals surface area contributed by atoms with Gasteiger partial charge in [-0.2, -0.15) is 0 Å². The topological polar surface area (TPSA) is 89.5 Å². The van der Waals surface area contributed by atoms with E-state index in [1.165, 1.54) is 24.3 Å². The lowest BCUT2D eigenvalue weighted by molar-refractivity contribution is 0.318. The minimum absolute atomic E-state index is 0.00693. The molecule has 0 bridgehead atoms. The molecule has 0 atom stereocenters. The van der Waals surface area contributed by atoms with E-state index in [0.29, 0.717) is 5.92 Å². The van der Waals surface area contributed by atoms with E-state index in [0.717, 1.165) is 17.6 Å². The lowest BCUT2D eigenvalue weighted by atomic mass is 10.0. The van der Waals surface area contributed by atoms with Crippen LogP contribution in [0.15, 0.2) is 58.3 Å². The van der Waals surface area contributed by atoms with Crippen LogP contribution in [0.5, 0.6) is 5.75 Å². The lowest BCUT2D eigenvalue weighted by Crippen LogP contribution is -2.28. The van der Waals surface area contributed by atoms with Crippen LogP contribution in [-0.2, 0) is 19.9 Å². The molecule has 1 N–H and O–H groups in total. The molecule has 2 aromatic carbocycles. The molecule has 0 heterocycles. The summed E-state index contributed by atoms with van der Waals surface area (Å²) in [6.07, 6.45) is 1.07. The number of nitrogens with one attached hydrogen (secondary N) is 1. The van der Waals surface area contributed by atoms with Crippen LogP contribution >= 0.6 is 0 Å². The third-order valence-corrected chi connectivity index (χ3v) is 6.36. The highest BCUT2D eigenvalue weighted by atomic mass is 32.2. The summed E-state index contributed by atoms with van der Waals surface area (Å²) in [6.45, 7) is 4.41. The maximum atomic E-state index is 12.3. The minimum Gasteiger partial charge on any atom is -0.492 e. The monoisotopic (exact) mass is 397 g/mol. The van der Waals surface area contributed by atoms with Crippen LogP contribution < -0.4 is 9.46 Å². The smallest absolute Gasteiger partial charge is 0.240 e. The molecule has 0 fully saturated rings. The van der Waals surface area contributed by atoms with Gasteiger partial charge in [-0.05, 0) is 41.8 Å². The molecule has 0 saturated heterocycles. The Kier molecular flexibility index (Phi) is 6.44. The molecule has 0 amide bonds. The number of hydrogen-bond acceptors (Lipinski definition) is 5. The van der Waals surface area contributed by atoms with Gasteiger partial charge in [0.15, 0.2) is 9.84 Å². The molecule has 142 valence electrons. The van der Waals surface area contributed by atoms with Crippen LogP contribution in [0.3, 0.4) is 0 Å². The zero-order chi connectivity index (χ0) is 19.4. The lowest BCUT2D eigenvalue weighted by Gasteiger charge is -2.14. The second-order valence-electron chi connectivity index (χ2n) is 6.18. The molecule has 2 aromatic rings. The summed E-state index contributed by atoms with van der Waals surface area (Å²) in [5.41, 5.74) is 1.06. The number of rotatable bonds is 8. The molecule has 0 spiro atoms. The number of sulfone groups is 1. The molecule has 0 aliphatic carbocycles. The fraction of sp³-hybridized carbons (Fsp3) is 0.333. The second-order valence-corrected chi connectivity index (χ2v) is 9.97. The maximum Gasteiger partial charge on any atom is 0.240 e. The van der Waals surface area contributed by atoms with Crippen molar-refractivity contribution < 1.29 is 21.6 Å². The summed E-state index contributed by atoms with van der Waals surface area (Å²) < 4.78 is 55.5. The van der Waals surface area contributed by atoms with E-state index in [1.54, 1.807) is 0 Å². The first-order chi connectivity index (χ1) is 12.1. The van der Waals surface area contributed by atoms with E-state index >= 15 is 0 Å². The minimum atomic E-state index is -3.73. The van der Waals surface area contributed by atoms with Crippen molar-refractivity contribution in [1.82, 2.24) is 4.72 Å². The molecular formula is C18H23NO5S2. The molecule has 0 unspecified atom stereocenters. The Labute approximate surface area is 155 Å². The third-order valence-electron chi connectivity index (χ3n) is 3.75. The fourth-order valence-corrected chi connectivity index (χ4v) is 4.02. The van der Waals surface area contributed by atoms with Crippen molar-refractivity contribution in [2.24, 2.45) is 0 Å². The highest BCUT2D eigenvalue weighted by molar-refractivity contribution is 7.90. The standard InChI is InChI=1S/C18H23NO5S2/c1-14(2)17-6-4-5-7-18(17)24-13-12-19-26(22,23)16-10-8-15(9-11-16)25(3,20)21/h4-11,14,19H,12-13H2,1-3H3. The van der Waals surface area contributed by atoms with Crippen molar-refractivity contribution in [2.75, 3.05) is 19.4 Å². The molecule has 0 aliphatic rings. The van der Waals surface area contributed by atoms with Gasteiger partial charge in [-0.1, -0.05) is 32.0 Å². The largest absolute Gasteiger partial charge is 0.492 e. The summed E-state index contributed by atoms with van der Waals surface area (Å²) in [6, 6.07) is 12.7. The van der Waals surface area contributed by atoms with E-state index in [-0.39, 0.29) is 22.9 Å². The Bertz CT molecular complexity index is 949. The summed E-state index contributed by atoms with van der Waals surface area (Å²) in [4.78, 5) is 0.0811. The van der Waals surface area contributed by atoms with Gasteiger partial charge in [-0.15, -0.1) is 0 Å². The van der Waals surface area contributed by atoms with Crippen molar-refractivity contribution >= 4 is 19.9 Å². The Hall–Kier alpha value is -1.90. The van der Waals surface area contributed by atoms with Gasteiger partial charge in [-0.25, -0.2) is 21.6 Å². The van der Waals surface area contributed by atoms with Crippen LogP contribution in [-0.4, -0.2) is 36.2 Å². The molecule has 0 aliphatic heterocycles. The molecule has 6 nitrogen and oxygen atoms in total. The molecule has 0 aromatic heterocycles. The molecule has 0 radical (unpaired) electrons. The molecule has 8 heteroatoms. The van der Waals surface area contributed by atoms with Gasteiger partial charge in [0, 0.05) is 12.8 Å². The van der Waals surface area contributed by atoms with Gasteiger partial charge in [0.05, 0.1) is 9.79 Å². The molecule has 0 saturated carbocycles. The highest BCUT2D eigenvalue weighted by Crippen LogP contribution is 2.25. The summed E-state index contributed by atoms with van der Waals surface area (Å²) in [5.74, 6) is 1.04. The Balaban J connectivity index is 1.97. The van der Waals surface area contributed by atoms with Crippen LogP contribution in [0.25, 0.3) is 0 Å². The van der Waals surface area contributed by atoms with Gasteiger partial charge in [0.2, 0.25) is 10.0 Å². The van der Waals surface area contributed by atoms with E-state index < -0.39 is 19.9 Å². The predicted molar refractivity (Wildman–Crippen MR) is 101 cm³/mol. The second kappa shape index (κ2) is 8.20. The van der Waals surface area contributed by atoms with E-state index in [1.807, 2.05) is 24.3 Å².